The summed E-state index contributed by atoms with van der Waals surface area (Å²) in [6.07, 6.45) is 6.57. The number of aromatic nitrogens is 2. The fraction of sp³-hybridized carbons (Fsp3) is 0.292. The second-order valence-corrected chi connectivity index (χ2v) is 9.29. The van der Waals surface area contributed by atoms with E-state index in [1.165, 1.54) is 12.1 Å². The van der Waals surface area contributed by atoms with Crippen LogP contribution in [0, 0.1) is 0 Å². The molecule has 1 aromatic carbocycles. The van der Waals surface area contributed by atoms with Crippen molar-refractivity contribution in [1.82, 2.24) is 9.97 Å². The second-order valence-electron chi connectivity index (χ2n) is 7.73. The molecule has 0 atom stereocenters. The average molecular weight is 468 g/mol. The third-order valence-electron chi connectivity index (χ3n) is 5.08. The minimum atomic E-state index is -3.94. The van der Waals surface area contributed by atoms with Crippen LogP contribution < -0.4 is 15.4 Å². The van der Waals surface area contributed by atoms with Gasteiger partial charge in [-0.3, -0.25) is 14.8 Å². The van der Waals surface area contributed by atoms with Crippen molar-refractivity contribution >= 4 is 27.3 Å². The first kappa shape index (κ1) is 24.3. The van der Waals surface area contributed by atoms with Crippen LogP contribution in [0.1, 0.15) is 44.0 Å². The van der Waals surface area contributed by atoms with Gasteiger partial charge in [-0.15, -0.1) is 0 Å². The molecular formula is C24H29N5O3S. The summed E-state index contributed by atoms with van der Waals surface area (Å²) < 4.78 is 24.2. The number of benzene rings is 1. The number of nitrogens with zero attached hydrogens (tertiary/aromatic N) is 3. The first-order valence-electron chi connectivity index (χ1n) is 10.9. The molecule has 0 radical (unpaired) electrons. The number of sulfonamides is 1. The van der Waals surface area contributed by atoms with E-state index in [1.54, 1.807) is 18.5 Å². The molecule has 2 heterocycles. The van der Waals surface area contributed by atoms with Gasteiger partial charge in [-0.25, -0.2) is 13.6 Å². The normalized spacial score (nSPS) is 11.2. The van der Waals surface area contributed by atoms with Crippen LogP contribution in [0.3, 0.4) is 0 Å². The molecular weight excluding hydrogens is 438 g/mol. The monoisotopic (exact) mass is 467 g/mol. The number of nitrogens with two attached hydrogens (primary N) is 1. The van der Waals surface area contributed by atoms with E-state index in [1.807, 2.05) is 41.3 Å². The molecule has 8 nitrogen and oxygen atoms in total. The Kier molecular flexibility index (Phi) is 8.51. The summed E-state index contributed by atoms with van der Waals surface area (Å²) in [5.74, 6) is -0.122. The highest BCUT2D eigenvalue weighted by atomic mass is 32.2. The predicted octanol–water partition coefficient (Wildman–Crippen LogP) is 3.85. The van der Waals surface area contributed by atoms with Gasteiger partial charge >= 0.3 is 0 Å². The molecule has 0 saturated heterocycles. The third-order valence-corrected chi connectivity index (χ3v) is 5.99. The quantitative estimate of drug-likeness (QED) is 0.414. The fourth-order valence-corrected chi connectivity index (χ4v) is 3.94. The standard InChI is InChI=1S/C24H29N5O3S/c1-2-3-4-11-24(30)28-22-13-12-21(33(25,31)32)16-23(22)29(17-19-9-5-7-14-26-19)18-20-10-6-8-15-27-20/h5-10,12-16H,2-4,11,17-18H2,1H3,(H,28,30)(H2,25,31,32). The van der Waals surface area contributed by atoms with Crippen molar-refractivity contribution in [3.63, 3.8) is 0 Å². The van der Waals surface area contributed by atoms with Crippen LogP contribution >= 0.6 is 0 Å². The Morgan fingerprint density at radius 2 is 1.61 bits per heavy atom. The third kappa shape index (κ3) is 7.37. The van der Waals surface area contributed by atoms with Crippen molar-refractivity contribution in [3.05, 3.63) is 78.4 Å². The summed E-state index contributed by atoms with van der Waals surface area (Å²) in [6, 6.07) is 15.7. The number of anilines is 2. The van der Waals surface area contributed by atoms with Crippen molar-refractivity contribution < 1.29 is 13.2 Å². The van der Waals surface area contributed by atoms with E-state index < -0.39 is 10.0 Å². The number of amides is 1. The zero-order chi connectivity index (χ0) is 23.7. The molecule has 0 unspecified atom stereocenters. The molecule has 0 spiro atoms. The lowest BCUT2D eigenvalue weighted by molar-refractivity contribution is -0.116. The zero-order valence-corrected chi connectivity index (χ0v) is 19.5. The number of pyridine rings is 2. The molecule has 2 aromatic heterocycles. The Bertz CT molecular complexity index is 1110. The number of nitrogens with one attached hydrogen (secondary N) is 1. The lowest BCUT2D eigenvalue weighted by atomic mass is 10.1. The lowest BCUT2D eigenvalue weighted by Gasteiger charge is -2.27. The van der Waals surface area contributed by atoms with Gasteiger partial charge in [0.25, 0.3) is 0 Å². The summed E-state index contributed by atoms with van der Waals surface area (Å²) in [7, 11) is -3.94. The predicted molar refractivity (Wildman–Crippen MR) is 129 cm³/mol. The van der Waals surface area contributed by atoms with Gasteiger partial charge in [0.2, 0.25) is 15.9 Å². The van der Waals surface area contributed by atoms with Crippen LogP contribution in [0.2, 0.25) is 0 Å². The number of hydrogen-bond acceptors (Lipinski definition) is 6. The van der Waals surface area contributed by atoms with E-state index in [0.29, 0.717) is 30.9 Å². The Hall–Kier alpha value is -3.30. The maximum atomic E-state index is 12.6. The molecule has 174 valence electrons. The topological polar surface area (TPSA) is 118 Å². The van der Waals surface area contributed by atoms with E-state index in [4.69, 9.17) is 5.14 Å². The van der Waals surface area contributed by atoms with Crippen LogP contribution in [0.4, 0.5) is 11.4 Å². The van der Waals surface area contributed by atoms with Gasteiger partial charge in [-0.1, -0.05) is 31.9 Å². The number of carbonyl (C=O) groups is 1. The molecule has 1 amide bonds. The summed E-state index contributed by atoms with van der Waals surface area (Å²) in [5, 5.41) is 8.35. The van der Waals surface area contributed by atoms with Gasteiger partial charge in [-0.2, -0.15) is 0 Å². The maximum Gasteiger partial charge on any atom is 0.238 e. The molecule has 33 heavy (non-hydrogen) atoms. The first-order chi connectivity index (χ1) is 15.9. The van der Waals surface area contributed by atoms with E-state index in [-0.39, 0.29) is 10.8 Å². The highest BCUT2D eigenvalue weighted by Crippen LogP contribution is 2.31. The molecule has 3 N–H and O–H groups in total. The zero-order valence-electron chi connectivity index (χ0n) is 18.6. The Labute approximate surface area is 194 Å². The van der Waals surface area contributed by atoms with Gasteiger partial charge in [0, 0.05) is 18.8 Å². The van der Waals surface area contributed by atoms with Gasteiger partial charge < -0.3 is 10.2 Å². The number of unbranched alkanes of at least 4 members (excludes halogenated alkanes) is 2. The Balaban J connectivity index is 2.01. The summed E-state index contributed by atoms with van der Waals surface area (Å²) in [5.41, 5.74) is 2.61. The SMILES string of the molecule is CCCCCC(=O)Nc1ccc(S(N)(=O)=O)cc1N(Cc1ccccn1)Cc1ccccn1. The van der Waals surface area contributed by atoms with Crippen molar-refractivity contribution in [1.29, 1.82) is 0 Å². The highest BCUT2D eigenvalue weighted by molar-refractivity contribution is 7.89. The number of hydrogen-bond donors (Lipinski definition) is 2. The van der Waals surface area contributed by atoms with Gasteiger partial charge in [0.1, 0.15) is 0 Å². The number of rotatable bonds is 11. The Morgan fingerprint density at radius 3 is 2.12 bits per heavy atom. The smallest absolute Gasteiger partial charge is 0.238 e. The van der Waals surface area contributed by atoms with Crippen LogP contribution in [0.5, 0.6) is 0 Å². The molecule has 0 bridgehead atoms. The average Bonchev–Trinajstić information content (AvgIpc) is 2.80. The number of primary sulfonamides is 1. The van der Waals surface area contributed by atoms with E-state index in [9.17, 15) is 13.2 Å². The van der Waals surface area contributed by atoms with Gasteiger partial charge in [-0.05, 0) is 48.9 Å². The van der Waals surface area contributed by atoms with Crippen molar-refractivity contribution in [2.45, 2.75) is 50.6 Å². The van der Waals surface area contributed by atoms with Crippen LogP contribution in [-0.4, -0.2) is 24.3 Å². The molecule has 9 heteroatoms. The van der Waals surface area contributed by atoms with Crippen molar-refractivity contribution in [2.75, 3.05) is 10.2 Å². The van der Waals surface area contributed by atoms with Crippen molar-refractivity contribution in [2.24, 2.45) is 5.14 Å². The minimum absolute atomic E-state index is 0.0338. The summed E-state index contributed by atoms with van der Waals surface area (Å²) in [4.78, 5) is 23.3. The molecule has 0 aliphatic carbocycles. The highest BCUT2D eigenvalue weighted by Gasteiger charge is 2.19. The van der Waals surface area contributed by atoms with E-state index >= 15 is 0 Å². The lowest BCUT2D eigenvalue weighted by Crippen LogP contribution is -2.26. The maximum absolute atomic E-state index is 12.6. The molecule has 0 aliphatic rings. The molecule has 0 fully saturated rings. The summed E-state index contributed by atoms with van der Waals surface area (Å²) >= 11 is 0. The van der Waals surface area contributed by atoms with Crippen molar-refractivity contribution in [3.8, 4) is 0 Å². The van der Waals surface area contributed by atoms with Crippen LogP contribution in [0.25, 0.3) is 0 Å². The van der Waals surface area contributed by atoms with Crippen LogP contribution in [0.15, 0.2) is 71.9 Å². The molecule has 0 saturated carbocycles. The molecule has 3 rings (SSSR count). The van der Waals surface area contributed by atoms with E-state index in [2.05, 4.69) is 22.2 Å². The van der Waals surface area contributed by atoms with Crippen LogP contribution in [-0.2, 0) is 27.9 Å². The van der Waals surface area contributed by atoms with Gasteiger partial charge in [0.05, 0.1) is 40.7 Å². The van der Waals surface area contributed by atoms with Gasteiger partial charge in [0.15, 0.2) is 0 Å². The number of carbonyl (C=O) groups excluding carboxylic acids is 1. The first-order valence-corrected chi connectivity index (χ1v) is 12.4. The molecule has 0 aliphatic heterocycles. The largest absolute Gasteiger partial charge is 0.358 e. The van der Waals surface area contributed by atoms with E-state index in [0.717, 1.165) is 30.7 Å². The molecule has 3 aromatic rings. The second kappa shape index (κ2) is 11.5. The fourth-order valence-electron chi connectivity index (χ4n) is 3.40. The Morgan fingerprint density at radius 1 is 0.970 bits per heavy atom. The minimum Gasteiger partial charge on any atom is -0.358 e. The summed E-state index contributed by atoms with van der Waals surface area (Å²) in [6.45, 7) is 2.84.